The van der Waals surface area contributed by atoms with Crippen molar-refractivity contribution in [3.8, 4) is 11.5 Å². The van der Waals surface area contributed by atoms with E-state index in [4.69, 9.17) is 9.47 Å². The monoisotopic (exact) mass is 755 g/mol. The summed E-state index contributed by atoms with van der Waals surface area (Å²) >= 11 is 0. The van der Waals surface area contributed by atoms with Gasteiger partial charge in [0.15, 0.2) is 0 Å². The van der Waals surface area contributed by atoms with Gasteiger partial charge in [0.05, 0.1) is 25.0 Å². The lowest BCUT2D eigenvalue weighted by Gasteiger charge is -2.31. The number of ketones is 4. The van der Waals surface area contributed by atoms with Gasteiger partial charge in [0.1, 0.15) is 34.6 Å². The van der Waals surface area contributed by atoms with E-state index in [1.54, 1.807) is 0 Å². The first kappa shape index (κ1) is 42.9. The van der Waals surface area contributed by atoms with Crippen molar-refractivity contribution < 1.29 is 28.7 Å². The minimum atomic E-state index is -0.295. The van der Waals surface area contributed by atoms with Gasteiger partial charge in [-0.15, -0.1) is 0 Å². The molecule has 302 valence electrons. The molecule has 0 bridgehead atoms. The van der Waals surface area contributed by atoms with Gasteiger partial charge in [0, 0.05) is 25.7 Å². The van der Waals surface area contributed by atoms with E-state index in [1.165, 1.54) is 11.1 Å². The van der Waals surface area contributed by atoms with Gasteiger partial charge < -0.3 is 9.47 Å². The molecule has 4 unspecified atom stereocenters. The normalized spacial score (nSPS) is 28.4. The van der Waals surface area contributed by atoms with Gasteiger partial charge in [-0.05, 0) is 162 Å². The number of Topliss-reactive ketones (excluding diaryl/α,β-unsaturated/α-hetero) is 4. The maximum absolute atomic E-state index is 12.8. The summed E-state index contributed by atoms with van der Waals surface area (Å²) in [6, 6.07) is 17.0. The molecule has 0 amide bonds. The molecule has 4 aliphatic rings. The third-order valence-electron chi connectivity index (χ3n) is 13.5. The second kappa shape index (κ2) is 21.9. The molecule has 6 heteroatoms. The van der Waals surface area contributed by atoms with Crippen LogP contribution in [-0.4, -0.2) is 36.3 Å². The van der Waals surface area contributed by atoms with Crippen LogP contribution in [-0.2, 0) is 19.2 Å². The second-order valence-electron chi connectivity index (χ2n) is 17.3. The quantitative estimate of drug-likeness (QED) is 0.168. The van der Waals surface area contributed by atoms with Crippen LogP contribution in [0.1, 0.15) is 173 Å². The van der Waals surface area contributed by atoms with Gasteiger partial charge in [-0.3, -0.25) is 19.2 Å². The Morgan fingerprint density at radius 2 is 0.891 bits per heavy atom. The molecule has 6 nitrogen and oxygen atoms in total. The molecule has 0 radical (unpaired) electrons. The van der Waals surface area contributed by atoms with Gasteiger partial charge in [-0.1, -0.05) is 57.4 Å². The van der Waals surface area contributed by atoms with Crippen molar-refractivity contribution in [3.63, 3.8) is 0 Å². The van der Waals surface area contributed by atoms with Crippen molar-refractivity contribution in [1.82, 2.24) is 0 Å². The average Bonchev–Trinajstić information content (AvgIpc) is 3.20. The van der Waals surface area contributed by atoms with Crippen molar-refractivity contribution in [2.45, 2.75) is 162 Å². The Bertz CT molecular complexity index is 1490. The standard InChI is InChI=1S/C25H36O3.C24H34O3/c1-3-5-18-8-15-23(24(26)16-18)25(27)17-19-6-9-20(10-7-19)21-11-13-22(14-12-21)28-4-2;1-3-17-7-14-22(23(25)15-17)24(26)16-18-5-8-19(9-6-18)20-10-12-21(13-11-20)27-4-2/h11-14,18-20,23H,3-10,15-17H2,1-2H3;10-13,17-19,22H,3-9,14-16H2,1-2H3/t18?,19-,20-,23?;17?,18-,19-,22?. The van der Waals surface area contributed by atoms with E-state index >= 15 is 0 Å². The number of hydrogen-bond donors (Lipinski definition) is 0. The van der Waals surface area contributed by atoms with Crippen molar-refractivity contribution in [3.05, 3.63) is 59.7 Å². The number of benzene rings is 2. The minimum absolute atomic E-state index is 0.209. The highest BCUT2D eigenvalue weighted by atomic mass is 16.5. The number of ether oxygens (including phenoxy) is 2. The molecule has 4 saturated carbocycles. The number of rotatable bonds is 15. The van der Waals surface area contributed by atoms with Gasteiger partial charge in [0.2, 0.25) is 0 Å². The average molecular weight is 755 g/mol. The number of carbonyl (C=O) groups excluding carboxylic acids is 4. The van der Waals surface area contributed by atoms with Crippen molar-refractivity contribution in [2.75, 3.05) is 13.2 Å². The first-order valence-corrected chi connectivity index (χ1v) is 22.3. The molecule has 0 aromatic heterocycles. The fraction of sp³-hybridized carbons (Fsp3) is 0.673. The highest BCUT2D eigenvalue weighted by Crippen LogP contribution is 2.41. The third kappa shape index (κ3) is 12.6. The first-order chi connectivity index (χ1) is 26.7. The van der Waals surface area contributed by atoms with E-state index in [1.807, 2.05) is 13.8 Å². The molecule has 0 N–H and O–H groups in total. The van der Waals surface area contributed by atoms with Crippen LogP contribution in [0, 0.1) is 35.5 Å². The molecule has 0 spiro atoms. The molecule has 6 rings (SSSR count). The minimum Gasteiger partial charge on any atom is -0.494 e. The van der Waals surface area contributed by atoms with E-state index in [0.29, 0.717) is 74.4 Å². The topological polar surface area (TPSA) is 86.7 Å². The number of hydrogen-bond acceptors (Lipinski definition) is 6. The Kier molecular flexibility index (Phi) is 17.0. The molecule has 4 fully saturated rings. The first-order valence-electron chi connectivity index (χ1n) is 22.3. The van der Waals surface area contributed by atoms with E-state index in [9.17, 15) is 19.2 Å². The molecule has 0 aliphatic heterocycles. The van der Waals surface area contributed by atoms with Gasteiger partial charge in [0.25, 0.3) is 0 Å². The maximum atomic E-state index is 12.8. The summed E-state index contributed by atoms with van der Waals surface area (Å²) in [6.07, 6.45) is 18.5. The lowest BCUT2D eigenvalue weighted by molar-refractivity contribution is -0.137. The molecule has 0 heterocycles. The summed E-state index contributed by atoms with van der Waals surface area (Å²) < 4.78 is 11.1. The SMILES string of the molecule is CCCC1CCC(C(=O)C[C@H]2CC[C@H](c3ccc(OCC)cc3)CC2)C(=O)C1.CCOc1ccc([C@H]2CC[C@H](CC(=O)C3CCC(CC)CC3=O)CC2)cc1. The zero-order chi connectivity index (χ0) is 39.2. The number of carbonyl (C=O) groups is 4. The molecular formula is C49H70O6. The van der Waals surface area contributed by atoms with Gasteiger partial charge in [-0.2, -0.15) is 0 Å². The van der Waals surface area contributed by atoms with Crippen LogP contribution < -0.4 is 9.47 Å². The van der Waals surface area contributed by atoms with Gasteiger partial charge >= 0.3 is 0 Å². The van der Waals surface area contributed by atoms with E-state index in [2.05, 4.69) is 62.4 Å². The zero-order valence-corrected chi connectivity index (χ0v) is 34.5. The Hall–Kier alpha value is -3.28. The molecule has 4 atom stereocenters. The summed E-state index contributed by atoms with van der Waals surface area (Å²) in [4.78, 5) is 50.2. The van der Waals surface area contributed by atoms with Crippen LogP contribution in [0.25, 0.3) is 0 Å². The molecule has 0 saturated heterocycles. The summed E-state index contributed by atoms with van der Waals surface area (Å²) in [7, 11) is 0. The summed E-state index contributed by atoms with van der Waals surface area (Å²) in [5, 5.41) is 0. The van der Waals surface area contributed by atoms with Crippen LogP contribution in [0.3, 0.4) is 0 Å². The lowest BCUT2D eigenvalue weighted by atomic mass is 9.73. The highest BCUT2D eigenvalue weighted by molar-refractivity contribution is 6.03. The Morgan fingerprint density at radius 3 is 1.25 bits per heavy atom. The second-order valence-corrected chi connectivity index (χ2v) is 17.3. The molecule has 2 aromatic carbocycles. The van der Waals surface area contributed by atoms with E-state index < -0.39 is 0 Å². The van der Waals surface area contributed by atoms with Crippen LogP contribution in [0.5, 0.6) is 11.5 Å². The predicted octanol–water partition coefficient (Wildman–Crippen LogP) is 11.8. The molecular weight excluding hydrogens is 685 g/mol. The fourth-order valence-electron chi connectivity index (χ4n) is 10.1. The fourth-order valence-corrected chi connectivity index (χ4v) is 10.1. The van der Waals surface area contributed by atoms with E-state index in [-0.39, 0.29) is 35.0 Å². The smallest absolute Gasteiger partial charge is 0.143 e. The maximum Gasteiger partial charge on any atom is 0.143 e. The highest BCUT2D eigenvalue weighted by Gasteiger charge is 2.36. The molecule has 55 heavy (non-hydrogen) atoms. The van der Waals surface area contributed by atoms with Crippen molar-refractivity contribution in [1.29, 1.82) is 0 Å². The predicted molar refractivity (Wildman–Crippen MR) is 221 cm³/mol. The van der Waals surface area contributed by atoms with Crippen LogP contribution in [0.15, 0.2) is 48.5 Å². The summed E-state index contributed by atoms with van der Waals surface area (Å²) in [6.45, 7) is 9.71. The van der Waals surface area contributed by atoms with Crippen LogP contribution in [0.4, 0.5) is 0 Å². The molecule has 2 aromatic rings. The Balaban J connectivity index is 0.000000211. The van der Waals surface area contributed by atoms with Crippen LogP contribution >= 0.6 is 0 Å². The Labute approximate surface area is 332 Å². The third-order valence-corrected chi connectivity index (χ3v) is 13.5. The lowest BCUT2D eigenvalue weighted by Crippen LogP contribution is -2.32. The van der Waals surface area contributed by atoms with E-state index in [0.717, 1.165) is 108 Å². The zero-order valence-electron chi connectivity index (χ0n) is 34.5. The summed E-state index contributed by atoms with van der Waals surface area (Å²) in [5.74, 6) is 5.29. The summed E-state index contributed by atoms with van der Waals surface area (Å²) in [5.41, 5.74) is 2.77. The van der Waals surface area contributed by atoms with Crippen molar-refractivity contribution >= 4 is 23.1 Å². The van der Waals surface area contributed by atoms with Crippen molar-refractivity contribution in [2.24, 2.45) is 35.5 Å². The van der Waals surface area contributed by atoms with Crippen LogP contribution in [0.2, 0.25) is 0 Å². The Morgan fingerprint density at radius 1 is 0.509 bits per heavy atom. The molecule has 4 aliphatic carbocycles. The van der Waals surface area contributed by atoms with Gasteiger partial charge in [-0.25, -0.2) is 0 Å². The largest absolute Gasteiger partial charge is 0.494 e.